The van der Waals surface area contributed by atoms with Crippen molar-refractivity contribution < 1.29 is 14.3 Å². The zero-order valence-electron chi connectivity index (χ0n) is 21.7. The Labute approximate surface area is 233 Å². The number of halogens is 2. The van der Waals surface area contributed by atoms with Gasteiger partial charge in [-0.1, -0.05) is 74.0 Å². The Morgan fingerprint density at radius 3 is 2.22 bits per heavy atom. The van der Waals surface area contributed by atoms with Gasteiger partial charge in [-0.2, -0.15) is 0 Å². The van der Waals surface area contributed by atoms with Crippen LogP contribution in [0.2, 0.25) is 5.02 Å². The van der Waals surface area contributed by atoms with Crippen LogP contribution in [-0.2, 0) is 22.6 Å². The van der Waals surface area contributed by atoms with Gasteiger partial charge in [-0.15, -0.1) is 0 Å². The Morgan fingerprint density at radius 2 is 1.62 bits per heavy atom. The van der Waals surface area contributed by atoms with Gasteiger partial charge in [-0.3, -0.25) is 9.59 Å². The van der Waals surface area contributed by atoms with E-state index in [9.17, 15) is 9.59 Å². The fraction of sp³-hybridized carbons (Fsp3) is 0.333. The number of benzene rings is 3. The third-order valence-electron chi connectivity index (χ3n) is 5.94. The summed E-state index contributed by atoms with van der Waals surface area (Å²) < 4.78 is 6.73. The van der Waals surface area contributed by atoms with Gasteiger partial charge in [-0.25, -0.2) is 0 Å². The SMILES string of the molecule is CC(C)NC(=O)[C@H](Cc1ccccc1)N(Cc1ccc(Cl)cc1)C(=O)COc1ccc(C(C)C)cc1Br. The molecule has 0 radical (unpaired) electrons. The summed E-state index contributed by atoms with van der Waals surface area (Å²) in [5.41, 5.74) is 3.01. The first-order valence-corrected chi connectivity index (χ1v) is 13.6. The van der Waals surface area contributed by atoms with Crippen molar-refractivity contribution in [3.63, 3.8) is 0 Å². The van der Waals surface area contributed by atoms with Gasteiger partial charge in [0.25, 0.3) is 5.91 Å². The number of hydrogen-bond acceptors (Lipinski definition) is 3. The lowest BCUT2D eigenvalue weighted by Gasteiger charge is -2.32. The standard InChI is InChI=1S/C30H34BrClN2O3/c1-20(2)24-12-15-28(26(31)17-24)37-19-29(35)34(18-23-10-13-25(32)14-11-23)27(30(36)33-21(3)4)16-22-8-6-5-7-9-22/h5-15,17,20-21,27H,16,18-19H2,1-4H3,(H,33,36)/t27-/m0/s1. The molecule has 3 aromatic carbocycles. The lowest BCUT2D eigenvalue weighted by Crippen LogP contribution is -2.52. The van der Waals surface area contributed by atoms with E-state index in [4.69, 9.17) is 16.3 Å². The largest absolute Gasteiger partial charge is 0.483 e. The fourth-order valence-corrected chi connectivity index (χ4v) is 4.57. The molecule has 196 valence electrons. The van der Waals surface area contributed by atoms with Gasteiger partial charge < -0.3 is 15.0 Å². The molecule has 0 spiro atoms. The Morgan fingerprint density at radius 1 is 0.946 bits per heavy atom. The number of carbonyl (C=O) groups is 2. The summed E-state index contributed by atoms with van der Waals surface area (Å²) in [7, 11) is 0. The van der Waals surface area contributed by atoms with Crippen LogP contribution >= 0.6 is 27.5 Å². The minimum atomic E-state index is -0.719. The lowest BCUT2D eigenvalue weighted by molar-refractivity contribution is -0.143. The van der Waals surface area contributed by atoms with Crippen LogP contribution in [0.3, 0.4) is 0 Å². The second-order valence-corrected chi connectivity index (χ2v) is 10.9. The van der Waals surface area contributed by atoms with Crippen molar-refractivity contribution in [2.24, 2.45) is 0 Å². The molecule has 0 unspecified atom stereocenters. The topological polar surface area (TPSA) is 58.6 Å². The predicted molar refractivity (Wildman–Crippen MR) is 153 cm³/mol. The van der Waals surface area contributed by atoms with Gasteiger partial charge in [0, 0.05) is 24.0 Å². The number of amides is 2. The normalized spacial score (nSPS) is 11.9. The summed E-state index contributed by atoms with van der Waals surface area (Å²) in [4.78, 5) is 28.7. The van der Waals surface area contributed by atoms with E-state index in [0.29, 0.717) is 23.1 Å². The van der Waals surface area contributed by atoms with Crippen molar-refractivity contribution >= 4 is 39.3 Å². The van der Waals surface area contributed by atoms with E-state index in [2.05, 4.69) is 35.1 Å². The summed E-state index contributed by atoms with van der Waals surface area (Å²) in [6, 6.07) is 22.1. The molecule has 3 aromatic rings. The van der Waals surface area contributed by atoms with Crippen molar-refractivity contribution in [2.75, 3.05) is 6.61 Å². The monoisotopic (exact) mass is 584 g/mol. The smallest absolute Gasteiger partial charge is 0.261 e. The van der Waals surface area contributed by atoms with Crippen molar-refractivity contribution in [3.05, 3.63) is 99.0 Å². The van der Waals surface area contributed by atoms with Gasteiger partial charge in [-0.05, 0) is 76.7 Å². The molecular weight excluding hydrogens is 552 g/mol. The Balaban J connectivity index is 1.90. The first-order valence-electron chi connectivity index (χ1n) is 12.4. The minimum Gasteiger partial charge on any atom is -0.483 e. The highest BCUT2D eigenvalue weighted by Crippen LogP contribution is 2.29. The average Bonchev–Trinajstić information content (AvgIpc) is 2.86. The second-order valence-electron chi connectivity index (χ2n) is 9.65. The zero-order valence-corrected chi connectivity index (χ0v) is 24.1. The van der Waals surface area contributed by atoms with Crippen LogP contribution in [0.15, 0.2) is 77.3 Å². The first-order chi connectivity index (χ1) is 17.6. The van der Waals surface area contributed by atoms with Crippen molar-refractivity contribution in [2.45, 2.75) is 58.7 Å². The highest BCUT2D eigenvalue weighted by atomic mass is 79.9. The fourth-order valence-electron chi connectivity index (χ4n) is 3.94. The summed E-state index contributed by atoms with van der Waals surface area (Å²) in [5, 5.41) is 3.60. The van der Waals surface area contributed by atoms with Crippen LogP contribution in [0.4, 0.5) is 0 Å². The molecule has 3 rings (SSSR count). The van der Waals surface area contributed by atoms with Crippen LogP contribution in [0.25, 0.3) is 0 Å². The average molecular weight is 586 g/mol. The first kappa shape index (κ1) is 28.7. The Bertz CT molecular complexity index is 1180. The van der Waals surface area contributed by atoms with Crippen LogP contribution in [-0.4, -0.2) is 35.4 Å². The molecule has 0 saturated carbocycles. The molecular formula is C30H34BrClN2O3. The Hall–Kier alpha value is -2.83. The predicted octanol–water partition coefficient (Wildman–Crippen LogP) is 6.77. The summed E-state index contributed by atoms with van der Waals surface area (Å²) in [6.45, 7) is 8.10. The molecule has 0 aliphatic heterocycles. The zero-order chi connectivity index (χ0) is 26.9. The van der Waals surface area contributed by atoms with Gasteiger partial charge >= 0.3 is 0 Å². The van der Waals surface area contributed by atoms with E-state index in [1.165, 1.54) is 5.56 Å². The van der Waals surface area contributed by atoms with E-state index in [0.717, 1.165) is 15.6 Å². The molecule has 0 aliphatic rings. The van der Waals surface area contributed by atoms with Crippen LogP contribution in [0.5, 0.6) is 5.75 Å². The third-order valence-corrected chi connectivity index (χ3v) is 6.81. The maximum atomic E-state index is 13.7. The van der Waals surface area contributed by atoms with E-state index >= 15 is 0 Å². The quantitative estimate of drug-likeness (QED) is 0.270. The Kier molecular flexibility index (Phi) is 10.6. The van der Waals surface area contributed by atoms with E-state index in [1.54, 1.807) is 17.0 Å². The number of rotatable bonds is 11. The summed E-state index contributed by atoms with van der Waals surface area (Å²) >= 11 is 9.64. The molecule has 0 fully saturated rings. The highest BCUT2D eigenvalue weighted by Gasteiger charge is 2.31. The van der Waals surface area contributed by atoms with Crippen molar-refractivity contribution in [1.82, 2.24) is 10.2 Å². The number of carbonyl (C=O) groups excluding carboxylic acids is 2. The van der Waals surface area contributed by atoms with Crippen LogP contribution < -0.4 is 10.1 Å². The highest BCUT2D eigenvalue weighted by molar-refractivity contribution is 9.10. The molecule has 7 heteroatoms. The summed E-state index contributed by atoms with van der Waals surface area (Å²) in [5.74, 6) is 0.466. The molecule has 5 nitrogen and oxygen atoms in total. The van der Waals surface area contributed by atoms with Gasteiger partial charge in [0.2, 0.25) is 5.91 Å². The van der Waals surface area contributed by atoms with Gasteiger partial charge in [0.05, 0.1) is 4.47 Å². The molecule has 0 heterocycles. The number of hydrogen-bond donors (Lipinski definition) is 1. The van der Waals surface area contributed by atoms with Crippen molar-refractivity contribution in [3.8, 4) is 5.75 Å². The van der Waals surface area contributed by atoms with Crippen LogP contribution in [0, 0.1) is 0 Å². The number of ether oxygens (including phenoxy) is 1. The molecule has 37 heavy (non-hydrogen) atoms. The molecule has 0 aromatic heterocycles. The maximum Gasteiger partial charge on any atom is 0.261 e. The summed E-state index contributed by atoms with van der Waals surface area (Å²) in [6.07, 6.45) is 0.380. The maximum absolute atomic E-state index is 13.7. The molecule has 0 bridgehead atoms. The van der Waals surface area contributed by atoms with Gasteiger partial charge in [0.1, 0.15) is 11.8 Å². The minimum absolute atomic E-state index is 0.0649. The van der Waals surface area contributed by atoms with Crippen molar-refractivity contribution in [1.29, 1.82) is 0 Å². The number of nitrogens with one attached hydrogen (secondary N) is 1. The van der Waals surface area contributed by atoms with E-state index in [-0.39, 0.29) is 31.0 Å². The van der Waals surface area contributed by atoms with E-state index < -0.39 is 6.04 Å². The molecule has 1 atom stereocenters. The number of nitrogens with zero attached hydrogens (tertiary/aromatic N) is 1. The lowest BCUT2D eigenvalue weighted by atomic mass is 10.0. The molecule has 0 saturated heterocycles. The van der Waals surface area contributed by atoms with Gasteiger partial charge in [0.15, 0.2) is 6.61 Å². The molecule has 2 amide bonds. The molecule has 0 aliphatic carbocycles. The molecule has 1 N–H and O–H groups in total. The van der Waals surface area contributed by atoms with E-state index in [1.807, 2.05) is 74.5 Å². The second kappa shape index (κ2) is 13.6. The van der Waals surface area contributed by atoms with Crippen LogP contribution in [0.1, 0.15) is 50.3 Å². The third kappa shape index (κ3) is 8.61.